The number of carboxylic acid groups (broad SMARTS) is 1. The molecule has 53 heavy (non-hydrogen) atoms. The van der Waals surface area contributed by atoms with Crippen molar-refractivity contribution >= 4 is 40.9 Å². The van der Waals surface area contributed by atoms with E-state index in [-0.39, 0.29) is 67.0 Å². The Morgan fingerprint density at radius 2 is 1.74 bits per heavy atom. The van der Waals surface area contributed by atoms with Crippen molar-refractivity contribution in [1.29, 1.82) is 0 Å². The number of ketones is 1. The average Bonchev–Trinajstić information content (AvgIpc) is 3.84. The number of aromatic nitrogens is 3. The van der Waals surface area contributed by atoms with Crippen molar-refractivity contribution < 1.29 is 33.8 Å². The maximum absolute atomic E-state index is 14.4. The third-order valence-corrected chi connectivity index (χ3v) is 11.9. The minimum atomic E-state index is -0.978. The zero-order chi connectivity index (χ0) is 39.0. The van der Waals surface area contributed by atoms with Gasteiger partial charge in [-0.3, -0.25) is 28.9 Å². The molecule has 292 valence electrons. The summed E-state index contributed by atoms with van der Waals surface area (Å²) in [6.07, 6.45) is 8.39. The van der Waals surface area contributed by atoms with Gasteiger partial charge < -0.3 is 20.1 Å². The first-order valence-corrected chi connectivity index (χ1v) is 19.9. The molecular weight excluding hydrogens is 697 g/mol. The lowest BCUT2D eigenvalue weighted by molar-refractivity contribution is -0.149. The van der Waals surface area contributed by atoms with Gasteiger partial charge in [0.25, 0.3) is 5.91 Å². The maximum Gasteiger partial charge on any atom is 0.306 e. The Labute approximate surface area is 317 Å². The van der Waals surface area contributed by atoms with Crippen LogP contribution in [-0.2, 0) is 30.3 Å². The van der Waals surface area contributed by atoms with Gasteiger partial charge in [0.2, 0.25) is 5.91 Å². The van der Waals surface area contributed by atoms with Crippen LogP contribution in [0.25, 0.3) is 0 Å². The number of thiazole rings is 1. The Balaban J connectivity index is 1.52. The van der Waals surface area contributed by atoms with Crippen LogP contribution in [0.15, 0.2) is 17.8 Å². The molecule has 0 aromatic carbocycles. The summed E-state index contributed by atoms with van der Waals surface area (Å²) in [5.74, 6) is -2.16. The van der Waals surface area contributed by atoms with Crippen molar-refractivity contribution in [2.45, 2.75) is 124 Å². The number of piperidine rings is 1. The van der Waals surface area contributed by atoms with E-state index in [9.17, 15) is 29.1 Å². The number of likely N-dealkylation sites (tertiary alicyclic amines) is 1. The number of ether oxygens (including phenoxy) is 1. The molecule has 1 aliphatic carbocycles. The molecule has 0 bridgehead atoms. The molecule has 2 amide bonds. The van der Waals surface area contributed by atoms with E-state index in [0.29, 0.717) is 16.7 Å². The third kappa shape index (κ3) is 11.9. The summed E-state index contributed by atoms with van der Waals surface area (Å²) in [6.45, 7) is 11.8. The normalized spacial score (nSPS) is 19.8. The van der Waals surface area contributed by atoms with Crippen LogP contribution in [0.3, 0.4) is 0 Å². The Hall–Kier alpha value is -3.78. The molecule has 1 saturated carbocycles. The van der Waals surface area contributed by atoms with E-state index in [1.165, 1.54) is 18.3 Å². The third-order valence-electron chi connectivity index (χ3n) is 10.9. The van der Waals surface area contributed by atoms with Gasteiger partial charge in [0.1, 0.15) is 16.5 Å². The maximum atomic E-state index is 14.4. The van der Waals surface area contributed by atoms with Crippen LogP contribution in [-0.4, -0.2) is 98.2 Å². The molecule has 1 aliphatic heterocycles. The highest BCUT2D eigenvalue weighted by molar-refractivity contribution is 7.09. The Bertz CT molecular complexity index is 1580. The van der Waals surface area contributed by atoms with Crippen LogP contribution in [0.1, 0.15) is 119 Å². The summed E-state index contributed by atoms with van der Waals surface area (Å²) >= 11 is 1.18. The van der Waals surface area contributed by atoms with Crippen molar-refractivity contribution in [2.24, 2.45) is 29.6 Å². The number of hydrogen-bond acceptors (Lipinski definition) is 11. The molecule has 13 nitrogen and oxygen atoms in total. The van der Waals surface area contributed by atoms with E-state index in [2.05, 4.69) is 32.1 Å². The van der Waals surface area contributed by atoms with E-state index in [1.807, 2.05) is 27.8 Å². The summed E-state index contributed by atoms with van der Waals surface area (Å²) in [4.78, 5) is 82.7. The molecule has 14 heteroatoms. The van der Waals surface area contributed by atoms with E-state index < -0.39 is 41.8 Å². The minimum absolute atomic E-state index is 0.0252. The molecule has 2 aromatic rings. The summed E-state index contributed by atoms with van der Waals surface area (Å²) in [5, 5.41) is 14.5. The summed E-state index contributed by atoms with van der Waals surface area (Å²) in [6, 6.07) is -1.09. The number of carboxylic acids is 1. The van der Waals surface area contributed by atoms with Crippen LogP contribution in [0, 0.1) is 36.5 Å². The topological polar surface area (TPSA) is 172 Å². The van der Waals surface area contributed by atoms with Gasteiger partial charge >= 0.3 is 11.9 Å². The van der Waals surface area contributed by atoms with Crippen molar-refractivity contribution in [2.75, 3.05) is 20.6 Å². The van der Waals surface area contributed by atoms with Gasteiger partial charge in [0.05, 0.1) is 12.0 Å². The summed E-state index contributed by atoms with van der Waals surface area (Å²) in [5.41, 5.74) is 0.987. The quantitative estimate of drug-likeness (QED) is 0.179. The Kier molecular flexibility index (Phi) is 15.0. The highest BCUT2D eigenvalue weighted by Gasteiger charge is 2.42. The van der Waals surface area contributed by atoms with Crippen LogP contribution < -0.4 is 5.32 Å². The lowest BCUT2D eigenvalue weighted by Gasteiger charge is -2.38. The monoisotopic (exact) mass is 754 g/mol. The summed E-state index contributed by atoms with van der Waals surface area (Å²) in [7, 11) is 3.77. The highest BCUT2D eigenvalue weighted by Crippen LogP contribution is 2.43. The smallest absolute Gasteiger partial charge is 0.306 e. The molecule has 2 fully saturated rings. The largest absolute Gasteiger partial charge is 0.481 e. The first-order chi connectivity index (χ1) is 25.0. The fourth-order valence-electron chi connectivity index (χ4n) is 7.47. The van der Waals surface area contributed by atoms with Crippen molar-refractivity contribution in [3.05, 3.63) is 39.9 Å². The standard InChI is InChI=1S/C39H58N6O7S/c1-22(2)32(45(8)38(49)29(25(5)27-12-13-27)17-33(47)31-11-9-10-14-44(31)7)18-34(52-26(6)46)37-43-30(21-53-37)36(48)42-28(15-24(4)39(50)51)16-35-40-19-23(3)20-41-35/h19-22,24-25,27-29,31-32,34H,9-18H2,1-8H3,(H,42,48)(H,50,51)/t24-,25-,28+,29-,31+,32+,34+/m0/s1. The molecule has 0 spiro atoms. The molecule has 1 saturated heterocycles. The van der Waals surface area contributed by atoms with E-state index in [0.717, 1.165) is 44.2 Å². The minimum Gasteiger partial charge on any atom is -0.481 e. The van der Waals surface area contributed by atoms with E-state index in [4.69, 9.17) is 4.74 Å². The number of aryl methyl sites for hydroxylation is 1. The van der Waals surface area contributed by atoms with Gasteiger partial charge in [-0.25, -0.2) is 15.0 Å². The molecule has 2 aliphatic rings. The predicted octanol–water partition coefficient (Wildman–Crippen LogP) is 5.28. The number of hydrogen-bond donors (Lipinski definition) is 2. The molecule has 0 unspecified atom stereocenters. The van der Waals surface area contributed by atoms with Crippen molar-refractivity contribution in [1.82, 2.24) is 30.1 Å². The second-order valence-electron chi connectivity index (χ2n) is 15.7. The van der Waals surface area contributed by atoms with Crippen molar-refractivity contribution in [3.63, 3.8) is 0 Å². The zero-order valence-corrected chi connectivity index (χ0v) is 33.4. The molecule has 2 aromatic heterocycles. The molecule has 4 rings (SSSR count). The number of carbonyl (C=O) groups is 5. The molecule has 0 radical (unpaired) electrons. The van der Waals surface area contributed by atoms with Gasteiger partial charge in [-0.1, -0.05) is 34.1 Å². The number of amides is 2. The molecule has 3 heterocycles. The number of nitrogens with zero attached hydrogens (tertiary/aromatic N) is 5. The van der Waals surface area contributed by atoms with Crippen LogP contribution in [0.4, 0.5) is 0 Å². The van der Waals surface area contributed by atoms with Crippen molar-refractivity contribution in [3.8, 4) is 0 Å². The van der Waals surface area contributed by atoms with E-state index >= 15 is 0 Å². The average molecular weight is 755 g/mol. The molecular formula is C39H58N6O7S. The number of carbonyl (C=O) groups excluding carboxylic acids is 4. The second kappa shape index (κ2) is 19.0. The number of rotatable bonds is 19. The Morgan fingerprint density at radius 3 is 2.32 bits per heavy atom. The fourth-order valence-corrected chi connectivity index (χ4v) is 8.31. The zero-order valence-electron chi connectivity index (χ0n) is 32.5. The number of nitrogens with one attached hydrogen (secondary N) is 1. The van der Waals surface area contributed by atoms with Gasteiger partial charge in [-0.15, -0.1) is 11.3 Å². The van der Waals surface area contributed by atoms with Crippen LogP contribution >= 0.6 is 11.3 Å². The molecule has 7 atom stereocenters. The SMILES string of the molecule is CC(=O)O[C@H](C[C@H](C(C)C)N(C)C(=O)[C@@H](CC(=O)[C@H]1CCCCN1C)[C@@H](C)C1CC1)c1nc(C(=O)N[C@@H](Cc2ncc(C)cn2)C[C@H](C)C(=O)O)cs1. The number of Topliss-reactive ketones (excluding diaryl/α,β-unsaturated/α-hetero) is 1. The van der Waals surface area contributed by atoms with Gasteiger partial charge in [0, 0.05) is 69.0 Å². The van der Waals surface area contributed by atoms with Gasteiger partial charge in [0.15, 0.2) is 11.9 Å². The van der Waals surface area contributed by atoms with Crippen LogP contribution in [0.5, 0.6) is 0 Å². The van der Waals surface area contributed by atoms with Gasteiger partial charge in [-0.2, -0.15) is 0 Å². The first kappa shape index (κ1) is 42.0. The number of likely N-dealkylation sites (N-methyl/N-ethyl adjacent to an activating group) is 1. The lowest BCUT2D eigenvalue weighted by Crippen LogP contribution is -2.48. The number of aliphatic carboxylic acids is 1. The van der Waals surface area contributed by atoms with Crippen LogP contribution in [0.2, 0.25) is 0 Å². The Morgan fingerprint density at radius 1 is 1.06 bits per heavy atom. The molecule has 2 N–H and O–H groups in total. The highest BCUT2D eigenvalue weighted by atomic mass is 32.1. The fraction of sp³-hybridized carbons (Fsp3) is 0.692. The predicted molar refractivity (Wildman–Crippen MR) is 201 cm³/mol. The number of esters is 1. The first-order valence-electron chi connectivity index (χ1n) is 19.0. The lowest BCUT2D eigenvalue weighted by atomic mass is 9.81. The van der Waals surface area contributed by atoms with E-state index in [1.54, 1.807) is 36.6 Å². The summed E-state index contributed by atoms with van der Waals surface area (Å²) < 4.78 is 5.80. The van der Waals surface area contributed by atoms with Gasteiger partial charge in [-0.05, 0) is 75.9 Å². The second-order valence-corrected chi connectivity index (χ2v) is 16.5.